The molecule has 0 radical (unpaired) electrons. The lowest BCUT2D eigenvalue weighted by molar-refractivity contribution is 0.0890. The zero-order valence-corrected chi connectivity index (χ0v) is 21.1. The molecule has 1 saturated carbocycles. The van der Waals surface area contributed by atoms with E-state index in [4.69, 9.17) is 9.72 Å². The number of nitrogens with zero attached hydrogens (tertiary/aromatic N) is 3. The molecule has 0 saturated heterocycles. The highest BCUT2D eigenvalue weighted by atomic mass is 32.2. The van der Waals surface area contributed by atoms with E-state index in [0.717, 1.165) is 42.6 Å². The summed E-state index contributed by atoms with van der Waals surface area (Å²) in [6.45, 7) is 13.1. The van der Waals surface area contributed by atoms with Crippen molar-refractivity contribution in [2.45, 2.75) is 65.0 Å². The van der Waals surface area contributed by atoms with Crippen LogP contribution in [0.2, 0.25) is 25.7 Å². The maximum atomic E-state index is 13.0. The fraction of sp³-hybridized carbons (Fsp3) is 0.682. The molecule has 0 unspecified atom stereocenters. The lowest BCUT2D eigenvalue weighted by Crippen LogP contribution is -2.35. The number of rotatable bonds is 11. The SMILES string of the molecule is CSCC(C)(C)CNC(=O)c1cn(COCC[Si](C)(C)C)c2ncc(C3CC3)nc12. The smallest absolute Gasteiger partial charge is 0.255 e. The largest absolute Gasteiger partial charge is 0.361 e. The van der Waals surface area contributed by atoms with E-state index in [1.54, 1.807) is 11.8 Å². The Balaban J connectivity index is 1.79. The van der Waals surface area contributed by atoms with Gasteiger partial charge in [-0.25, -0.2) is 9.97 Å². The Kier molecular flexibility index (Phi) is 7.30. The predicted molar refractivity (Wildman–Crippen MR) is 128 cm³/mol. The van der Waals surface area contributed by atoms with Crippen LogP contribution >= 0.6 is 11.8 Å². The summed E-state index contributed by atoms with van der Waals surface area (Å²) in [6.07, 6.45) is 8.12. The van der Waals surface area contributed by atoms with Crippen molar-refractivity contribution in [3.63, 3.8) is 0 Å². The Bertz CT molecular complexity index is 887. The summed E-state index contributed by atoms with van der Waals surface area (Å²) >= 11 is 1.80. The highest BCUT2D eigenvalue weighted by molar-refractivity contribution is 7.98. The van der Waals surface area contributed by atoms with Gasteiger partial charge in [-0.3, -0.25) is 4.79 Å². The van der Waals surface area contributed by atoms with Gasteiger partial charge in [0.05, 0.1) is 17.5 Å². The summed E-state index contributed by atoms with van der Waals surface area (Å²) in [5, 5.41) is 3.11. The normalized spacial score (nSPS) is 15.0. The summed E-state index contributed by atoms with van der Waals surface area (Å²) in [7, 11) is -1.14. The minimum atomic E-state index is -1.14. The number of ether oxygens (including phenoxy) is 1. The predicted octanol–water partition coefficient (Wildman–Crippen LogP) is 4.74. The summed E-state index contributed by atoms with van der Waals surface area (Å²) in [6, 6.07) is 1.11. The number of carbonyl (C=O) groups excluding carboxylic acids is 1. The van der Waals surface area contributed by atoms with Crippen LogP contribution in [0, 0.1) is 5.41 Å². The molecule has 3 rings (SSSR count). The molecule has 1 aliphatic carbocycles. The first kappa shape index (κ1) is 23.3. The van der Waals surface area contributed by atoms with Crippen molar-refractivity contribution in [3.8, 4) is 0 Å². The third kappa shape index (κ3) is 6.31. The zero-order chi connectivity index (χ0) is 21.9. The number of aromatic nitrogens is 3. The number of amides is 1. The van der Waals surface area contributed by atoms with Crippen molar-refractivity contribution in [2.75, 3.05) is 25.2 Å². The lowest BCUT2D eigenvalue weighted by atomic mass is 9.96. The van der Waals surface area contributed by atoms with Crippen LogP contribution in [-0.2, 0) is 11.5 Å². The van der Waals surface area contributed by atoms with Gasteiger partial charge in [0.1, 0.15) is 12.2 Å². The number of thioether (sulfide) groups is 1. The van der Waals surface area contributed by atoms with E-state index in [2.05, 4.69) is 50.0 Å². The maximum absolute atomic E-state index is 13.0. The van der Waals surface area contributed by atoms with Crippen LogP contribution in [-0.4, -0.2) is 53.7 Å². The molecule has 0 aliphatic heterocycles. The summed E-state index contributed by atoms with van der Waals surface area (Å²) in [4.78, 5) is 22.5. The van der Waals surface area contributed by atoms with E-state index in [9.17, 15) is 4.79 Å². The van der Waals surface area contributed by atoms with Gasteiger partial charge < -0.3 is 14.6 Å². The zero-order valence-electron chi connectivity index (χ0n) is 19.2. The minimum absolute atomic E-state index is 0.0399. The standard InChI is InChI=1S/C22H36N4O2SSi/c1-22(2,14-29-3)13-24-21(27)17-12-26(15-28-9-10-30(4,5)6)20-19(17)25-18(11-23-20)16-7-8-16/h11-12,16H,7-10,13-15H2,1-6H3,(H,24,27). The fourth-order valence-corrected chi connectivity index (χ4v) is 4.94. The summed E-state index contributed by atoms with van der Waals surface area (Å²) in [5.74, 6) is 1.40. The minimum Gasteiger partial charge on any atom is -0.361 e. The Hall–Kier alpha value is -1.38. The number of hydrogen-bond donors (Lipinski definition) is 1. The molecule has 2 aromatic heterocycles. The molecule has 0 bridgehead atoms. The molecule has 1 N–H and O–H groups in total. The van der Waals surface area contributed by atoms with E-state index < -0.39 is 8.07 Å². The van der Waals surface area contributed by atoms with Crippen molar-refractivity contribution in [1.29, 1.82) is 0 Å². The Morgan fingerprint density at radius 1 is 1.37 bits per heavy atom. The number of hydrogen-bond acceptors (Lipinski definition) is 5. The van der Waals surface area contributed by atoms with Gasteiger partial charge in [0.15, 0.2) is 5.65 Å². The maximum Gasteiger partial charge on any atom is 0.255 e. The first-order chi connectivity index (χ1) is 14.1. The van der Waals surface area contributed by atoms with Crippen LogP contribution in [0.5, 0.6) is 0 Å². The van der Waals surface area contributed by atoms with Crippen LogP contribution < -0.4 is 5.32 Å². The lowest BCUT2D eigenvalue weighted by Gasteiger charge is -2.23. The van der Waals surface area contributed by atoms with Crippen molar-refractivity contribution < 1.29 is 9.53 Å². The average molecular weight is 449 g/mol. The van der Waals surface area contributed by atoms with Gasteiger partial charge in [0.25, 0.3) is 5.91 Å². The fourth-order valence-electron chi connectivity index (χ4n) is 3.30. The van der Waals surface area contributed by atoms with Gasteiger partial charge in [-0.15, -0.1) is 0 Å². The summed E-state index contributed by atoms with van der Waals surface area (Å²) in [5.41, 5.74) is 3.04. The van der Waals surface area contributed by atoms with Gasteiger partial charge >= 0.3 is 0 Å². The van der Waals surface area contributed by atoms with Gasteiger partial charge in [-0.2, -0.15) is 11.8 Å². The monoisotopic (exact) mass is 448 g/mol. The molecule has 30 heavy (non-hydrogen) atoms. The Morgan fingerprint density at radius 3 is 2.73 bits per heavy atom. The van der Waals surface area contributed by atoms with Gasteiger partial charge in [0.2, 0.25) is 0 Å². The molecule has 166 valence electrons. The third-order valence-electron chi connectivity index (χ3n) is 5.31. The first-order valence-corrected chi connectivity index (χ1v) is 15.9. The topological polar surface area (TPSA) is 69.0 Å². The van der Waals surface area contributed by atoms with E-state index in [0.29, 0.717) is 30.3 Å². The molecule has 1 amide bonds. The Labute approximate surface area is 185 Å². The van der Waals surface area contributed by atoms with Crippen LogP contribution in [0.25, 0.3) is 11.2 Å². The molecule has 0 spiro atoms. The second-order valence-corrected chi connectivity index (χ2v) is 16.9. The highest BCUT2D eigenvalue weighted by Gasteiger charge is 2.28. The molecule has 0 atom stereocenters. The van der Waals surface area contributed by atoms with Crippen LogP contribution in [0.4, 0.5) is 0 Å². The first-order valence-electron chi connectivity index (χ1n) is 10.8. The van der Waals surface area contributed by atoms with Crippen molar-refractivity contribution >= 4 is 36.9 Å². The molecule has 8 heteroatoms. The van der Waals surface area contributed by atoms with E-state index in [1.165, 1.54) is 0 Å². The van der Waals surface area contributed by atoms with Gasteiger partial charge in [-0.1, -0.05) is 33.5 Å². The van der Waals surface area contributed by atoms with Gasteiger partial charge in [0, 0.05) is 33.3 Å². The Morgan fingerprint density at radius 2 is 2.10 bits per heavy atom. The van der Waals surface area contributed by atoms with E-state index in [1.807, 2.05) is 17.0 Å². The van der Waals surface area contributed by atoms with E-state index in [-0.39, 0.29) is 11.3 Å². The molecular formula is C22H36N4O2SSi. The van der Waals surface area contributed by atoms with Gasteiger partial charge in [-0.05, 0) is 36.3 Å². The van der Waals surface area contributed by atoms with Crippen molar-refractivity contribution in [3.05, 3.63) is 23.7 Å². The number of nitrogens with one attached hydrogen (secondary N) is 1. The average Bonchev–Trinajstić information content (AvgIpc) is 3.44. The van der Waals surface area contributed by atoms with Crippen LogP contribution in [0.3, 0.4) is 0 Å². The molecule has 2 aromatic rings. The molecular weight excluding hydrogens is 412 g/mol. The van der Waals surface area contributed by atoms with E-state index >= 15 is 0 Å². The van der Waals surface area contributed by atoms with Crippen LogP contribution in [0.1, 0.15) is 48.7 Å². The molecule has 1 aliphatic rings. The molecule has 0 aromatic carbocycles. The third-order valence-corrected chi connectivity index (χ3v) is 8.09. The quantitative estimate of drug-likeness (QED) is 0.397. The highest BCUT2D eigenvalue weighted by Crippen LogP contribution is 2.39. The molecule has 1 fully saturated rings. The molecule has 6 nitrogen and oxygen atoms in total. The van der Waals surface area contributed by atoms with Crippen LogP contribution in [0.15, 0.2) is 12.4 Å². The number of carbonyl (C=O) groups is 1. The molecule has 2 heterocycles. The summed E-state index contributed by atoms with van der Waals surface area (Å²) < 4.78 is 7.85. The second kappa shape index (κ2) is 9.40. The van der Waals surface area contributed by atoms with Crippen molar-refractivity contribution in [2.24, 2.45) is 5.41 Å². The van der Waals surface area contributed by atoms with Crippen molar-refractivity contribution in [1.82, 2.24) is 19.9 Å². The second-order valence-electron chi connectivity index (χ2n) is 10.4. The number of fused-ring (bicyclic) bond motifs is 1.